The number of rotatable bonds is 10. The van der Waals surface area contributed by atoms with Crippen molar-refractivity contribution in [3.8, 4) is 0 Å². The molecule has 5 nitrogen and oxygen atoms in total. The highest BCUT2D eigenvalue weighted by Crippen LogP contribution is 2.22. The minimum Gasteiger partial charge on any atom is -0.383 e. The van der Waals surface area contributed by atoms with Crippen molar-refractivity contribution in [3.63, 3.8) is 0 Å². The van der Waals surface area contributed by atoms with Gasteiger partial charge in [0.05, 0.1) is 11.6 Å². The van der Waals surface area contributed by atoms with Gasteiger partial charge in [-0.3, -0.25) is 9.71 Å². The second-order valence-corrected chi connectivity index (χ2v) is 8.31. The highest BCUT2D eigenvalue weighted by Gasteiger charge is 2.27. The van der Waals surface area contributed by atoms with E-state index in [9.17, 15) is 13.2 Å². The van der Waals surface area contributed by atoms with E-state index < -0.39 is 11.9 Å². The van der Waals surface area contributed by atoms with Crippen molar-refractivity contribution >= 4 is 24.4 Å². The number of aliphatic imine (C=N–C) groups is 2. The molecule has 0 aliphatic carbocycles. The third kappa shape index (κ3) is 10.9. The molecule has 166 valence electrons. The Morgan fingerprint density at radius 2 is 2.17 bits per heavy atom. The summed E-state index contributed by atoms with van der Waals surface area (Å²) in [7, 11) is 0. The molecule has 29 heavy (non-hydrogen) atoms. The first-order chi connectivity index (χ1) is 13.6. The predicted molar refractivity (Wildman–Crippen MR) is 118 cm³/mol. The normalized spacial score (nSPS) is 27.1. The first kappa shape index (κ1) is 25.7. The van der Waals surface area contributed by atoms with Gasteiger partial charge in [-0.05, 0) is 58.6 Å². The number of nitrogens with two attached hydrogens (primary N) is 1. The number of nitrogens with zero attached hydrogens (tertiary/aromatic N) is 2. The van der Waals surface area contributed by atoms with E-state index in [1.54, 1.807) is 6.21 Å². The highest BCUT2D eigenvalue weighted by atomic mass is 32.2. The van der Waals surface area contributed by atoms with Gasteiger partial charge in [0.25, 0.3) is 0 Å². The molecule has 0 spiro atoms. The van der Waals surface area contributed by atoms with E-state index in [0.29, 0.717) is 12.2 Å². The Kier molecular flexibility index (Phi) is 11.0. The fraction of sp³-hybridized carbons (Fsp3) is 0.700. The van der Waals surface area contributed by atoms with E-state index in [-0.39, 0.29) is 17.6 Å². The molecule has 0 saturated heterocycles. The summed E-state index contributed by atoms with van der Waals surface area (Å²) >= 11 is 0.734. The zero-order chi connectivity index (χ0) is 21.9. The van der Waals surface area contributed by atoms with Crippen LogP contribution in [0.3, 0.4) is 0 Å². The smallest absolute Gasteiger partial charge is 0.383 e. The number of hydrogen-bond donors (Lipinski definition) is 3. The summed E-state index contributed by atoms with van der Waals surface area (Å²) in [5, 5.41) is 3.54. The lowest BCUT2D eigenvalue weighted by Crippen LogP contribution is -2.45. The summed E-state index contributed by atoms with van der Waals surface area (Å²) in [6.45, 7) is 8.66. The van der Waals surface area contributed by atoms with Crippen LogP contribution in [0.25, 0.3) is 0 Å². The lowest BCUT2D eigenvalue weighted by molar-refractivity contribution is -0.105. The topological polar surface area (TPSA) is 74.8 Å². The standard InChI is InChI=1S/C20H34F3N5S/c1-5-8-16-11-19(4,13-26-15(3)12-25-18(16)24)27-10-7-9-17(6-2)28-29-14-20(21,22)23/h5,8,12-13,15,17,27-28H,6-7,9-11,14,24H2,1-4H3/b8-5-,18-16-,25-12?,26-13?. The Morgan fingerprint density at radius 1 is 1.45 bits per heavy atom. The molecule has 9 heteroatoms. The van der Waals surface area contributed by atoms with Crippen LogP contribution in [0.15, 0.2) is 33.5 Å². The average Bonchev–Trinajstić information content (AvgIpc) is 2.69. The minimum atomic E-state index is -4.15. The molecule has 1 heterocycles. The Balaban J connectivity index is 2.62. The van der Waals surface area contributed by atoms with Crippen LogP contribution in [0, 0.1) is 0 Å². The summed E-state index contributed by atoms with van der Waals surface area (Å²) in [6.07, 6.45) is 6.46. The van der Waals surface area contributed by atoms with Crippen LogP contribution < -0.4 is 15.8 Å². The molecule has 0 aromatic rings. The molecular weight excluding hydrogens is 399 g/mol. The molecule has 4 N–H and O–H groups in total. The molecule has 1 aliphatic heterocycles. The number of allylic oxidation sites excluding steroid dienone is 2. The molecule has 0 amide bonds. The van der Waals surface area contributed by atoms with Crippen molar-refractivity contribution in [1.82, 2.24) is 10.0 Å². The molecular formula is C20H34F3N5S. The van der Waals surface area contributed by atoms with Gasteiger partial charge < -0.3 is 11.1 Å². The zero-order valence-electron chi connectivity index (χ0n) is 17.7. The second kappa shape index (κ2) is 12.4. The number of halogens is 3. The van der Waals surface area contributed by atoms with E-state index in [1.807, 2.05) is 39.1 Å². The third-order valence-electron chi connectivity index (χ3n) is 4.52. The number of alkyl halides is 3. The van der Waals surface area contributed by atoms with Crippen LogP contribution in [0.4, 0.5) is 13.2 Å². The maximum Gasteiger partial charge on any atom is 0.399 e. The van der Waals surface area contributed by atoms with Gasteiger partial charge in [-0.2, -0.15) is 13.2 Å². The first-order valence-electron chi connectivity index (χ1n) is 9.97. The van der Waals surface area contributed by atoms with Crippen molar-refractivity contribution in [2.75, 3.05) is 12.3 Å². The number of nitrogens with one attached hydrogen (secondary N) is 2. The van der Waals surface area contributed by atoms with Gasteiger partial charge in [0, 0.05) is 18.5 Å². The first-order valence-corrected chi connectivity index (χ1v) is 11.0. The van der Waals surface area contributed by atoms with Gasteiger partial charge in [-0.25, -0.2) is 4.99 Å². The molecule has 3 unspecified atom stereocenters. The largest absolute Gasteiger partial charge is 0.399 e. The van der Waals surface area contributed by atoms with Crippen LogP contribution in [0.1, 0.15) is 53.4 Å². The highest BCUT2D eigenvalue weighted by molar-refractivity contribution is 7.97. The maximum absolute atomic E-state index is 12.3. The predicted octanol–water partition coefficient (Wildman–Crippen LogP) is 4.37. The van der Waals surface area contributed by atoms with E-state index in [0.717, 1.165) is 43.3 Å². The second-order valence-electron chi connectivity index (χ2n) is 7.50. The van der Waals surface area contributed by atoms with Crippen LogP contribution in [-0.4, -0.2) is 48.5 Å². The maximum atomic E-state index is 12.3. The molecule has 0 bridgehead atoms. The molecule has 0 saturated carbocycles. The molecule has 0 aromatic heterocycles. The zero-order valence-corrected chi connectivity index (χ0v) is 18.5. The van der Waals surface area contributed by atoms with E-state index in [4.69, 9.17) is 5.73 Å². The monoisotopic (exact) mass is 433 g/mol. The van der Waals surface area contributed by atoms with Gasteiger partial charge in [0.1, 0.15) is 11.6 Å². The van der Waals surface area contributed by atoms with Crippen molar-refractivity contribution in [2.24, 2.45) is 15.7 Å². The van der Waals surface area contributed by atoms with Gasteiger partial charge in [-0.1, -0.05) is 31.0 Å². The average molecular weight is 434 g/mol. The van der Waals surface area contributed by atoms with Crippen molar-refractivity contribution in [2.45, 2.75) is 77.2 Å². The molecule has 3 atom stereocenters. The SMILES string of the molecule is C/C=C\C1=C(/N)N=CC(C)N=CC(C)(NCCCC(CC)NSCC(F)(F)F)C1. The quantitative estimate of drug-likeness (QED) is 0.353. The van der Waals surface area contributed by atoms with Crippen molar-refractivity contribution in [3.05, 3.63) is 23.5 Å². The van der Waals surface area contributed by atoms with Gasteiger partial charge in [0.2, 0.25) is 0 Å². The molecule has 0 aromatic carbocycles. The Labute approximate surface area is 176 Å². The van der Waals surface area contributed by atoms with Gasteiger partial charge in [0.15, 0.2) is 0 Å². The van der Waals surface area contributed by atoms with E-state index in [2.05, 4.69) is 26.9 Å². The minimum absolute atomic E-state index is 0.0497. The molecule has 0 radical (unpaired) electrons. The summed E-state index contributed by atoms with van der Waals surface area (Å²) in [5.41, 5.74) is 6.69. The van der Waals surface area contributed by atoms with Crippen molar-refractivity contribution in [1.29, 1.82) is 0 Å². The summed E-state index contributed by atoms with van der Waals surface area (Å²) in [6, 6.07) is -0.0207. The Hall–Kier alpha value is -1.32. The Bertz CT molecular complexity index is 616. The van der Waals surface area contributed by atoms with Gasteiger partial charge in [-0.15, -0.1) is 0 Å². The summed E-state index contributed by atoms with van der Waals surface area (Å²) in [4.78, 5) is 8.87. The molecule has 1 rings (SSSR count). The van der Waals surface area contributed by atoms with Crippen molar-refractivity contribution < 1.29 is 13.2 Å². The van der Waals surface area contributed by atoms with Gasteiger partial charge >= 0.3 is 6.18 Å². The fourth-order valence-electron chi connectivity index (χ4n) is 2.89. The lowest BCUT2D eigenvalue weighted by Gasteiger charge is -2.28. The third-order valence-corrected chi connectivity index (χ3v) is 5.49. The number of hydrogen-bond acceptors (Lipinski definition) is 6. The Morgan fingerprint density at radius 3 is 2.79 bits per heavy atom. The molecule has 0 fully saturated rings. The molecule has 1 aliphatic rings. The van der Waals surface area contributed by atoms with Crippen LogP contribution in [-0.2, 0) is 0 Å². The van der Waals surface area contributed by atoms with Crippen LogP contribution >= 0.6 is 11.9 Å². The van der Waals surface area contributed by atoms with Crippen LogP contribution in [0.5, 0.6) is 0 Å². The summed E-state index contributed by atoms with van der Waals surface area (Å²) in [5.74, 6) is -0.386. The van der Waals surface area contributed by atoms with E-state index >= 15 is 0 Å². The summed E-state index contributed by atoms with van der Waals surface area (Å²) < 4.78 is 39.8. The fourth-order valence-corrected chi connectivity index (χ4v) is 3.65. The van der Waals surface area contributed by atoms with E-state index in [1.165, 1.54) is 0 Å². The van der Waals surface area contributed by atoms with Crippen LogP contribution in [0.2, 0.25) is 0 Å². The lowest BCUT2D eigenvalue weighted by atomic mass is 9.93.